The Morgan fingerprint density at radius 3 is 2.51 bits per heavy atom. The molecule has 0 spiro atoms. The molecule has 7 nitrogen and oxygen atoms in total. The topological polar surface area (TPSA) is 76.4 Å². The summed E-state index contributed by atoms with van der Waals surface area (Å²) in [4.78, 5) is 7.85. The van der Waals surface area contributed by atoms with E-state index in [-0.39, 0.29) is 11.9 Å². The molecule has 6 rings (SSSR count). The van der Waals surface area contributed by atoms with E-state index < -0.39 is 0 Å². The van der Waals surface area contributed by atoms with Crippen molar-refractivity contribution in [1.82, 2.24) is 10.4 Å². The number of nitrogens with one attached hydrogen (secondary N) is 1. The van der Waals surface area contributed by atoms with Crippen LogP contribution < -0.4 is 15.3 Å². The molecule has 1 atom stereocenters. The highest BCUT2D eigenvalue weighted by Gasteiger charge is 2.39. The smallest absolute Gasteiger partial charge is 0.253 e. The van der Waals surface area contributed by atoms with Crippen molar-refractivity contribution >= 4 is 50.3 Å². The molecular formula is C28H26N6OS2. The molecule has 2 aliphatic rings. The van der Waals surface area contributed by atoms with E-state index in [9.17, 15) is 5.11 Å². The van der Waals surface area contributed by atoms with E-state index in [0.717, 1.165) is 34.0 Å². The lowest BCUT2D eigenvalue weighted by atomic mass is 9.96. The van der Waals surface area contributed by atoms with Crippen LogP contribution in [0, 0.1) is 6.92 Å². The second-order valence-corrected chi connectivity index (χ2v) is 11.2. The van der Waals surface area contributed by atoms with Gasteiger partial charge in [0, 0.05) is 36.0 Å². The van der Waals surface area contributed by atoms with Gasteiger partial charge in [0.15, 0.2) is 0 Å². The van der Waals surface area contributed by atoms with Crippen LogP contribution in [-0.4, -0.2) is 29.9 Å². The first-order valence-corrected chi connectivity index (χ1v) is 13.7. The summed E-state index contributed by atoms with van der Waals surface area (Å²) >= 11 is 3.16. The molecular weight excluding hydrogens is 500 g/mol. The van der Waals surface area contributed by atoms with Crippen LogP contribution in [0.4, 0.5) is 21.5 Å². The molecule has 0 saturated carbocycles. The van der Waals surface area contributed by atoms with Gasteiger partial charge in [0.25, 0.3) is 5.88 Å². The van der Waals surface area contributed by atoms with Gasteiger partial charge in [-0.25, -0.2) is 5.01 Å². The Labute approximate surface area is 224 Å². The summed E-state index contributed by atoms with van der Waals surface area (Å²) in [5.41, 5.74) is 11.4. The summed E-state index contributed by atoms with van der Waals surface area (Å²) < 4.78 is 0. The minimum Gasteiger partial charge on any atom is -0.491 e. The Morgan fingerprint density at radius 2 is 1.76 bits per heavy atom. The summed E-state index contributed by atoms with van der Waals surface area (Å²) in [6.07, 6.45) is 0. The quantitative estimate of drug-likeness (QED) is 0.267. The maximum absolute atomic E-state index is 10.7. The zero-order valence-corrected chi connectivity index (χ0v) is 22.3. The number of nitrogens with zero attached hydrogens (tertiary/aromatic N) is 5. The summed E-state index contributed by atoms with van der Waals surface area (Å²) in [5.74, 6) is 0.742. The average Bonchev–Trinajstić information content (AvgIpc) is 3.49. The second-order valence-electron chi connectivity index (χ2n) is 9.22. The van der Waals surface area contributed by atoms with Crippen molar-refractivity contribution < 1.29 is 5.11 Å². The number of hydrogen-bond acceptors (Lipinski definition) is 9. The van der Waals surface area contributed by atoms with Crippen LogP contribution in [0.2, 0.25) is 0 Å². The number of rotatable bonds is 5. The first-order valence-electron chi connectivity index (χ1n) is 11.9. The van der Waals surface area contributed by atoms with Crippen molar-refractivity contribution in [3.8, 4) is 5.88 Å². The van der Waals surface area contributed by atoms with Gasteiger partial charge in [-0.3, -0.25) is 5.43 Å². The highest BCUT2D eigenvalue weighted by Crippen LogP contribution is 2.50. The molecule has 0 aliphatic carbocycles. The van der Waals surface area contributed by atoms with Crippen molar-refractivity contribution in [1.29, 1.82) is 0 Å². The molecule has 37 heavy (non-hydrogen) atoms. The molecule has 2 aliphatic heterocycles. The Balaban J connectivity index is 1.38. The summed E-state index contributed by atoms with van der Waals surface area (Å²) in [5, 5.41) is 22.3. The first kappa shape index (κ1) is 23.6. The molecule has 0 saturated heterocycles. The average molecular weight is 527 g/mol. The fraction of sp³-hybridized carbons (Fsp3) is 0.179. The summed E-state index contributed by atoms with van der Waals surface area (Å²) in [6.45, 7) is 2.03. The van der Waals surface area contributed by atoms with Gasteiger partial charge >= 0.3 is 0 Å². The van der Waals surface area contributed by atoms with E-state index in [1.807, 2.05) is 62.1 Å². The van der Waals surface area contributed by atoms with Crippen LogP contribution in [0.15, 0.2) is 93.5 Å². The zero-order chi connectivity index (χ0) is 25.5. The van der Waals surface area contributed by atoms with Crippen LogP contribution in [0.3, 0.4) is 0 Å². The Kier molecular flexibility index (Phi) is 6.10. The van der Waals surface area contributed by atoms with Crippen LogP contribution in [0.1, 0.15) is 22.7 Å². The summed E-state index contributed by atoms with van der Waals surface area (Å²) in [6, 6.07) is 24.8. The minimum absolute atomic E-state index is 0.0699. The lowest BCUT2D eigenvalue weighted by Crippen LogP contribution is -2.34. The lowest BCUT2D eigenvalue weighted by Gasteiger charge is -2.26. The van der Waals surface area contributed by atoms with Gasteiger partial charge < -0.3 is 10.0 Å². The van der Waals surface area contributed by atoms with Gasteiger partial charge in [-0.2, -0.15) is 4.98 Å². The number of fused-ring (bicyclic) bond motifs is 2. The Morgan fingerprint density at radius 1 is 1.00 bits per heavy atom. The predicted molar refractivity (Wildman–Crippen MR) is 152 cm³/mol. The van der Waals surface area contributed by atoms with E-state index in [4.69, 9.17) is 0 Å². The van der Waals surface area contributed by atoms with Gasteiger partial charge in [0.05, 0.1) is 11.4 Å². The van der Waals surface area contributed by atoms with Gasteiger partial charge in [-0.1, -0.05) is 59.4 Å². The first-order chi connectivity index (χ1) is 18.0. The van der Waals surface area contributed by atoms with E-state index >= 15 is 0 Å². The number of hydrazine groups is 1. The molecule has 3 aromatic carbocycles. The van der Waals surface area contributed by atoms with E-state index in [1.165, 1.54) is 27.4 Å². The van der Waals surface area contributed by atoms with Crippen molar-refractivity contribution in [2.75, 3.05) is 29.8 Å². The number of anilines is 2. The van der Waals surface area contributed by atoms with Crippen molar-refractivity contribution in [2.24, 2.45) is 10.2 Å². The Hall–Kier alpha value is -3.82. The number of hydrogen-bond donors (Lipinski definition) is 2. The van der Waals surface area contributed by atoms with Crippen LogP contribution in [0.25, 0.3) is 5.70 Å². The third-order valence-corrected chi connectivity index (χ3v) is 8.53. The third-order valence-electron chi connectivity index (χ3n) is 6.48. The number of aromatic nitrogens is 1. The standard InChI is InChI=1S/C28H26N6OS2/c1-17-8-12-19(13-9-17)30-31-27-26(35)29-28(37-27)34-25(18-10-14-20(15-11-18)33(2)3)22-16-36-23-7-5-4-6-21(23)24(22)32-34/h4-15,25,32,35H,16H2,1-3H3. The molecule has 0 bridgehead atoms. The fourth-order valence-corrected chi connectivity index (χ4v) is 6.41. The normalized spacial score (nSPS) is 16.6. The zero-order valence-electron chi connectivity index (χ0n) is 20.7. The number of thioether (sulfide) groups is 1. The maximum Gasteiger partial charge on any atom is 0.253 e. The van der Waals surface area contributed by atoms with Crippen LogP contribution >= 0.6 is 23.1 Å². The van der Waals surface area contributed by atoms with E-state index in [1.54, 1.807) is 0 Å². The van der Waals surface area contributed by atoms with Crippen molar-refractivity contribution in [2.45, 2.75) is 17.9 Å². The molecule has 186 valence electrons. The molecule has 0 amide bonds. The monoisotopic (exact) mass is 526 g/mol. The maximum atomic E-state index is 10.7. The number of aromatic hydroxyl groups is 1. The van der Waals surface area contributed by atoms with Crippen LogP contribution in [-0.2, 0) is 0 Å². The minimum atomic E-state index is -0.126. The van der Waals surface area contributed by atoms with E-state index in [2.05, 4.69) is 74.1 Å². The molecule has 3 heterocycles. The number of thiazole rings is 1. The SMILES string of the molecule is Cc1ccc(N=Nc2sc(N3NC4=C(CSc5ccccc54)C3c3ccc(N(C)C)cc3)nc2O)cc1. The number of aryl methyl sites for hydroxylation is 1. The molecule has 4 aromatic rings. The predicted octanol–water partition coefficient (Wildman–Crippen LogP) is 7.22. The molecule has 0 fully saturated rings. The second kappa shape index (κ2) is 9.57. The number of benzene rings is 3. The summed E-state index contributed by atoms with van der Waals surface area (Å²) in [7, 11) is 4.08. The van der Waals surface area contributed by atoms with Gasteiger partial charge in [0.2, 0.25) is 10.1 Å². The largest absolute Gasteiger partial charge is 0.491 e. The molecule has 1 aromatic heterocycles. The van der Waals surface area contributed by atoms with Crippen molar-refractivity contribution in [3.05, 3.63) is 95.1 Å². The van der Waals surface area contributed by atoms with Crippen LogP contribution in [0.5, 0.6) is 5.88 Å². The van der Waals surface area contributed by atoms with E-state index in [0.29, 0.717) is 10.1 Å². The molecule has 0 radical (unpaired) electrons. The van der Waals surface area contributed by atoms with Crippen molar-refractivity contribution in [3.63, 3.8) is 0 Å². The van der Waals surface area contributed by atoms with Gasteiger partial charge in [-0.05, 0) is 48.4 Å². The highest BCUT2D eigenvalue weighted by atomic mass is 32.2. The highest BCUT2D eigenvalue weighted by molar-refractivity contribution is 7.99. The van der Waals surface area contributed by atoms with Gasteiger partial charge in [0.1, 0.15) is 6.04 Å². The third kappa shape index (κ3) is 4.45. The molecule has 2 N–H and O–H groups in total. The molecule has 9 heteroatoms. The fourth-order valence-electron chi connectivity index (χ4n) is 4.53. The Bertz CT molecular complexity index is 1510. The lowest BCUT2D eigenvalue weighted by molar-refractivity contribution is 0.457. The van der Waals surface area contributed by atoms with Gasteiger partial charge in [-0.15, -0.1) is 22.0 Å². The molecule has 1 unspecified atom stereocenters. The number of azo groups is 1.